The molecule has 0 aliphatic carbocycles. The van der Waals surface area contributed by atoms with Gasteiger partial charge >= 0.3 is 0 Å². The van der Waals surface area contributed by atoms with E-state index in [4.69, 9.17) is 11.6 Å². The Morgan fingerprint density at radius 2 is 1.88 bits per heavy atom. The third kappa shape index (κ3) is 3.49. The molecular formula is C19H18ClN3O. The highest BCUT2D eigenvalue weighted by Gasteiger charge is 2.08. The average molecular weight is 340 g/mol. The van der Waals surface area contributed by atoms with Crippen LogP contribution in [-0.2, 0) is 6.54 Å². The molecule has 3 rings (SSSR count). The number of hydrogen-bond donors (Lipinski definition) is 1. The van der Waals surface area contributed by atoms with Gasteiger partial charge in [0.25, 0.3) is 5.56 Å². The van der Waals surface area contributed by atoms with Gasteiger partial charge in [-0.25, -0.2) is 4.98 Å². The maximum absolute atomic E-state index is 12.7. The molecule has 0 amide bonds. The van der Waals surface area contributed by atoms with Crippen molar-refractivity contribution in [3.8, 4) is 5.69 Å². The molecule has 0 atom stereocenters. The molecule has 24 heavy (non-hydrogen) atoms. The molecule has 1 heterocycles. The largest absolute Gasteiger partial charge is 0.361 e. The van der Waals surface area contributed by atoms with Crippen molar-refractivity contribution in [2.75, 3.05) is 5.32 Å². The number of benzene rings is 2. The minimum absolute atomic E-state index is 0.168. The van der Waals surface area contributed by atoms with Gasteiger partial charge in [0.2, 0.25) is 0 Å². The maximum atomic E-state index is 12.7. The SMILES string of the molecule is Cc1ccc(-n2ccnc(NCc3ccc(Cl)cc3)c2=O)c(C)c1. The molecule has 2 aromatic carbocycles. The molecule has 0 saturated heterocycles. The minimum Gasteiger partial charge on any atom is -0.361 e. The van der Waals surface area contributed by atoms with Gasteiger partial charge in [0, 0.05) is 24.0 Å². The van der Waals surface area contributed by atoms with Gasteiger partial charge in [-0.1, -0.05) is 41.4 Å². The second-order valence-corrected chi connectivity index (χ2v) is 6.16. The van der Waals surface area contributed by atoms with Crippen LogP contribution in [0.25, 0.3) is 5.69 Å². The molecule has 122 valence electrons. The van der Waals surface area contributed by atoms with Crippen LogP contribution in [0.4, 0.5) is 5.82 Å². The Balaban J connectivity index is 1.88. The van der Waals surface area contributed by atoms with Gasteiger partial charge in [-0.3, -0.25) is 9.36 Å². The minimum atomic E-state index is -0.168. The van der Waals surface area contributed by atoms with E-state index in [2.05, 4.69) is 16.4 Å². The number of nitrogens with zero attached hydrogens (tertiary/aromatic N) is 2. The van der Waals surface area contributed by atoms with E-state index in [1.165, 1.54) is 5.56 Å². The smallest absolute Gasteiger partial charge is 0.297 e. The first kappa shape index (κ1) is 16.3. The fourth-order valence-electron chi connectivity index (χ4n) is 2.59. The topological polar surface area (TPSA) is 46.9 Å². The van der Waals surface area contributed by atoms with E-state index in [0.29, 0.717) is 17.4 Å². The lowest BCUT2D eigenvalue weighted by Crippen LogP contribution is -2.23. The van der Waals surface area contributed by atoms with Crippen molar-refractivity contribution in [3.05, 3.63) is 86.9 Å². The van der Waals surface area contributed by atoms with Crippen molar-refractivity contribution < 1.29 is 0 Å². The summed E-state index contributed by atoms with van der Waals surface area (Å²) in [7, 11) is 0. The highest BCUT2D eigenvalue weighted by molar-refractivity contribution is 6.30. The molecule has 0 unspecified atom stereocenters. The summed E-state index contributed by atoms with van der Waals surface area (Å²) in [5.74, 6) is 0.326. The second-order valence-electron chi connectivity index (χ2n) is 5.72. The van der Waals surface area contributed by atoms with Crippen molar-refractivity contribution in [1.82, 2.24) is 9.55 Å². The van der Waals surface area contributed by atoms with Gasteiger partial charge in [0.15, 0.2) is 5.82 Å². The normalized spacial score (nSPS) is 10.6. The fraction of sp³-hybridized carbons (Fsp3) is 0.158. The Kier molecular flexibility index (Phi) is 4.67. The third-order valence-electron chi connectivity index (χ3n) is 3.83. The number of aromatic nitrogens is 2. The Labute approximate surface area is 145 Å². The molecule has 1 N–H and O–H groups in total. The molecule has 0 fully saturated rings. The van der Waals surface area contributed by atoms with Crippen LogP contribution >= 0.6 is 11.6 Å². The number of halogens is 1. The van der Waals surface area contributed by atoms with E-state index in [0.717, 1.165) is 16.8 Å². The monoisotopic (exact) mass is 339 g/mol. The first-order chi connectivity index (χ1) is 11.5. The van der Waals surface area contributed by atoms with Crippen LogP contribution in [0.15, 0.2) is 59.7 Å². The molecule has 0 spiro atoms. The van der Waals surface area contributed by atoms with Crippen LogP contribution < -0.4 is 10.9 Å². The van der Waals surface area contributed by atoms with E-state index >= 15 is 0 Å². The highest BCUT2D eigenvalue weighted by atomic mass is 35.5. The number of nitrogens with one attached hydrogen (secondary N) is 1. The van der Waals surface area contributed by atoms with Crippen LogP contribution in [-0.4, -0.2) is 9.55 Å². The zero-order chi connectivity index (χ0) is 17.1. The van der Waals surface area contributed by atoms with Gasteiger partial charge in [0.05, 0.1) is 5.69 Å². The number of rotatable bonds is 4. The Bertz CT molecular complexity index is 917. The standard InChI is InChI=1S/C19H18ClN3O/c1-13-3-8-17(14(2)11-13)23-10-9-21-18(19(23)24)22-12-15-4-6-16(20)7-5-15/h3-11H,12H2,1-2H3,(H,21,22). The molecule has 0 radical (unpaired) electrons. The van der Waals surface area contributed by atoms with Crippen LogP contribution in [0.2, 0.25) is 5.02 Å². The zero-order valence-electron chi connectivity index (χ0n) is 13.6. The quantitative estimate of drug-likeness (QED) is 0.778. The zero-order valence-corrected chi connectivity index (χ0v) is 14.3. The summed E-state index contributed by atoms with van der Waals surface area (Å²) in [6.45, 7) is 4.54. The Morgan fingerprint density at radius 3 is 2.58 bits per heavy atom. The average Bonchev–Trinajstić information content (AvgIpc) is 2.56. The van der Waals surface area contributed by atoms with Gasteiger partial charge in [-0.05, 0) is 43.2 Å². The van der Waals surface area contributed by atoms with Gasteiger partial charge < -0.3 is 5.32 Å². The summed E-state index contributed by atoms with van der Waals surface area (Å²) < 4.78 is 1.62. The van der Waals surface area contributed by atoms with Crippen molar-refractivity contribution >= 4 is 17.4 Å². The lowest BCUT2D eigenvalue weighted by atomic mass is 10.1. The number of hydrogen-bond acceptors (Lipinski definition) is 3. The van der Waals surface area contributed by atoms with Crippen molar-refractivity contribution in [1.29, 1.82) is 0 Å². The van der Waals surface area contributed by atoms with E-state index in [-0.39, 0.29) is 5.56 Å². The van der Waals surface area contributed by atoms with E-state index in [1.54, 1.807) is 17.0 Å². The summed E-state index contributed by atoms with van der Waals surface area (Å²) in [6.07, 6.45) is 3.32. The summed E-state index contributed by atoms with van der Waals surface area (Å²) in [5.41, 5.74) is 3.94. The van der Waals surface area contributed by atoms with Gasteiger partial charge in [-0.15, -0.1) is 0 Å². The molecule has 0 bridgehead atoms. The molecule has 4 nitrogen and oxygen atoms in total. The summed E-state index contributed by atoms with van der Waals surface area (Å²) >= 11 is 5.88. The van der Waals surface area contributed by atoms with E-state index < -0.39 is 0 Å². The third-order valence-corrected chi connectivity index (χ3v) is 4.08. The first-order valence-electron chi connectivity index (χ1n) is 7.68. The molecule has 0 saturated carbocycles. The molecule has 0 aliphatic heterocycles. The van der Waals surface area contributed by atoms with Crippen LogP contribution in [0.3, 0.4) is 0 Å². The molecular weight excluding hydrogens is 322 g/mol. The van der Waals surface area contributed by atoms with Crippen LogP contribution in [0.5, 0.6) is 0 Å². The molecule has 1 aromatic heterocycles. The number of aryl methyl sites for hydroxylation is 2. The van der Waals surface area contributed by atoms with Crippen LogP contribution in [0, 0.1) is 13.8 Å². The molecule has 0 aliphatic rings. The Morgan fingerprint density at radius 1 is 1.12 bits per heavy atom. The maximum Gasteiger partial charge on any atom is 0.297 e. The first-order valence-corrected chi connectivity index (χ1v) is 8.06. The predicted molar refractivity (Wildman–Crippen MR) is 98.1 cm³/mol. The number of anilines is 1. The lowest BCUT2D eigenvalue weighted by molar-refractivity contribution is 0.935. The Hall–Kier alpha value is -2.59. The highest BCUT2D eigenvalue weighted by Crippen LogP contribution is 2.15. The summed E-state index contributed by atoms with van der Waals surface area (Å²) in [5, 5.41) is 3.79. The second kappa shape index (κ2) is 6.89. The summed E-state index contributed by atoms with van der Waals surface area (Å²) in [4.78, 5) is 16.9. The van der Waals surface area contributed by atoms with E-state index in [9.17, 15) is 4.79 Å². The predicted octanol–water partition coefficient (Wildman–Crippen LogP) is 4.11. The van der Waals surface area contributed by atoms with Gasteiger partial charge in [0.1, 0.15) is 0 Å². The van der Waals surface area contributed by atoms with Crippen molar-refractivity contribution in [2.45, 2.75) is 20.4 Å². The molecule has 3 aromatic rings. The van der Waals surface area contributed by atoms with Crippen LogP contribution in [0.1, 0.15) is 16.7 Å². The lowest BCUT2D eigenvalue weighted by Gasteiger charge is -2.12. The van der Waals surface area contributed by atoms with Gasteiger partial charge in [-0.2, -0.15) is 0 Å². The fourth-order valence-corrected chi connectivity index (χ4v) is 2.71. The summed E-state index contributed by atoms with van der Waals surface area (Å²) in [6, 6.07) is 13.5. The molecule has 5 heteroatoms. The van der Waals surface area contributed by atoms with Crippen molar-refractivity contribution in [3.63, 3.8) is 0 Å². The van der Waals surface area contributed by atoms with E-state index in [1.807, 2.05) is 50.2 Å². The van der Waals surface area contributed by atoms with Crippen molar-refractivity contribution in [2.24, 2.45) is 0 Å².